The summed E-state index contributed by atoms with van der Waals surface area (Å²) >= 11 is 0. The van der Waals surface area contributed by atoms with Crippen molar-refractivity contribution in [3.8, 4) is 0 Å². The highest BCUT2D eigenvalue weighted by Crippen LogP contribution is 2.72. The van der Waals surface area contributed by atoms with Crippen molar-refractivity contribution in [2.45, 2.75) is 57.3 Å². The van der Waals surface area contributed by atoms with Gasteiger partial charge in [0.2, 0.25) is 0 Å². The number of hydrogen-bond donors (Lipinski definition) is 1. The van der Waals surface area contributed by atoms with Gasteiger partial charge in [-0.05, 0) is 38.5 Å². The van der Waals surface area contributed by atoms with Gasteiger partial charge >= 0.3 is 5.97 Å². The topological polar surface area (TPSA) is 72.8 Å². The normalized spacial score (nSPS) is 59.0. The Morgan fingerprint density at radius 2 is 2.09 bits per heavy atom. The van der Waals surface area contributed by atoms with E-state index in [0.717, 1.165) is 19.3 Å². The maximum Gasteiger partial charge on any atom is 0.318 e. The van der Waals surface area contributed by atoms with Crippen LogP contribution in [0.2, 0.25) is 0 Å². The summed E-state index contributed by atoms with van der Waals surface area (Å²) in [6.45, 7) is 2.28. The minimum absolute atomic E-state index is 0.00727. The van der Waals surface area contributed by atoms with E-state index in [1.807, 2.05) is 6.92 Å². The van der Waals surface area contributed by atoms with Gasteiger partial charge in [0.05, 0.1) is 6.61 Å². The standard InChI is InChI=1S/C17H22O5/c1-15-13-12(22-14(15)19)7-9-10(3-2-4-11(9)18)16(13)5-6-17(15,20)21-8-16/h9-10,12-13,20H,2-8H2,1H3/t9-,10+,12+,13-,15+,16-,17-/m0/s1. The van der Waals surface area contributed by atoms with Gasteiger partial charge in [-0.15, -0.1) is 0 Å². The van der Waals surface area contributed by atoms with Gasteiger partial charge < -0.3 is 14.6 Å². The molecule has 3 aliphatic carbocycles. The molecule has 7 atom stereocenters. The molecule has 6 rings (SSSR count). The molecule has 0 radical (unpaired) electrons. The summed E-state index contributed by atoms with van der Waals surface area (Å²) in [5.41, 5.74) is -1.14. The molecule has 0 unspecified atom stereocenters. The van der Waals surface area contributed by atoms with Crippen molar-refractivity contribution >= 4 is 11.8 Å². The van der Waals surface area contributed by atoms with Crippen molar-refractivity contribution in [1.82, 2.24) is 0 Å². The Kier molecular flexibility index (Phi) is 2.30. The molecule has 6 fully saturated rings. The Balaban J connectivity index is 1.69. The number of hydrogen-bond acceptors (Lipinski definition) is 5. The fourth-order valence-corrected chi connectivity index (χ4v) is 6.68. The Labute approximate surface area is 129 Å². The first-order valence-electron chi connectivity index (χ1n) is 8.52. The van der Waals surface area contributed by atoms with Crippen LogP contribution in [-0.2, 0) is 19.1 Å². The van der Waals surface area contributed by atoms with E-state index in [2.05, 4.69) is 0 Å². The molecular formula is C17H22O5. The first-order valence-corrected chi connectivity index (χ1v) is 8.52. The van der Waals surface area contributed by atoms with Gasteiger partial charge in [0.1, 0.15) is 17.3 Å². The highest BCUT2D eigenvalue weighted by atomic mass is 16.6. The van der Waals surface area contributed by atoms with Crippen molar-refractivity contribution in [2.24, 2.45) is 28.6 Å². The van der Waals surface area contributed by atoms with Gasteiger partial charge in [-0.25, -0.2) is 0 Å². The van der Waals surface area contributed by atoms with Crippen molar-refractivity contribution in [1.29, 1.82) is 0 Å². The van der Waals surface area contributed by atoms with E-state index >= 15 is 0 Å². The monoisotopic (exact) mass is 306 g/mol. The molecule has 2 bridgehead atoms. The van der Waals surface area contributed by atoms with Gasteiger partial charge in [0.25, 0.3) is 0 Å². The van der Waals surface area contributed by atoms with E-state index in [0.29, 0.717) is 31.7 Å². The lowest BCUT2D eigenvalue weighted by atomic mass is 9.41. The minimum Gasteiger partial charge on any atom is -0.461 e. The molecule has 6 aliphatic rings. The average Bonchev–Trinajstić information content (AvgIpc) is 2.77. The van der Waals surface area contributed by atoms with Crippen LogP contribution in [0.4, 0.5) is 0 Å². The van der Waals surface area contributed by atoms with Crippen LogP contribution in [0.15, 0.2) is 0 Å². The Hall–Kier alpha value is -0.940. The molecule has 1 N–H and O–H groups in total. The SMILES string of the molecule is C[C@@]12C(=O)O[C@@H]3C[C@@H]4C(=O)CCC[C@H]4[C@@]4(CC[C@]1(O)OC4)[C@@H]32. The van der Waals surface area contributed by atoms with Gasteiger partial charge in [0, 0.05) is 30.1 Å². The van der Waals surface area contributed by atoms with Gasteiger partial charge in [-0.3, -0.25) is 9.59 Å². The molecule has 3 saturated heterocycles. The molecule has 3 aliphatic heterocycles. The van der Waals surface area contributed by atoms with Crippen molar-refractivity contribution in [3.63, 3.8) is 0 Å². The summed E-state index contributed by atoms with van der Waals surface area (Å²) < 4.78 is 11.5. The number of carbonyl (C=O) groups is 2. The lowest BCUT2D eigenvalue weighted by Gasteiger charge is -2.66. The quantitative estimate of drug-likeness (QED) is 0.685. The van der Waals surface area contributed by atoms with Crippen LogP contribution in [0.5, 0.6) is 0 Å². The second kappa shape index (κ2) is 3.75. The summed E-state index contributed by atoms with van der Waals surface area (Å²) in [7, 11) is 0. The summed E-state index contributed by atoms with van der Waals surface area (Å²) in [5, 5.41) is 10.9. The number of ketones is 1. The molecule has 1 spiro atoms. The summed E-state index contributed by atoms with van der Waals surface area (Å²) in [6.07, 6.45) is 4.36. The molecule has 22 heavy (non-hydrogen) atoms. The maximum atomic E-state index is 12.6. The van der Waals surface area contributed by atoms with Crippen LogP contribution in [0.25, 0.3) is 0 Å². The second-order valence-corrected chi connectivity index (χ2v) is 8.24. The predicted molar refractivity (Wildman–Crippen MR) is 74.5 cm³/mol. The van der Waals surface area contributed by atoms with E-state index < -0.39 is 11.2 Å². The zero-order valence-corrected chi connectivity index (χ0v) is 12.8. The number of fused-ring (bicyclic) bond motifs is 3. The summed E-state index contributed by atoms with van der Waals surface area (Å²) in [4.78, 5) is 25.0. The van der Waals surface area contributed by atoms with E-state index in [1.165, 1.54) is 0 Å². The second-order valence-electron chi connectivity index (χ2n) is 8.24. The van der Waals surface area contributed by atoms with E-state index in [1.54, 1.807) is 0 Å². The van der Waals surface area contributed by atoms with E-state index in [4.69, 9.17) is 9.47 Å². The summed E-state index contributed by atoms with van der Waals surface area (Å²) in [5.74, 6) is -1.10. The van der Waals surface area contributed by atoms with E-state index in [9.17, 15) is 14.7 Å². The lowest BCUT2D eigenvalue weighted by molar-refractivity contribution is -0.375. The Morgan fingerprint density at radius 1 is 1.27 bits per heavy atom. The maximum absolute atomic E-state index is 12.6. The zero-order chi connectivity index (χ0) is 15.3. The van der Waals surface area contributed by atoms with Crippen molar-refractivity contribution in [3.05, 3.63) is 0 Å². The van der Waals surface area contributed by atoms with Gasteiger partial charge in [0.15, 0.2) is 5.79 Å². The van der Waals surface area contributed by atoms with Crippen molar-refractivity contribution < 1.29 is 24.2 Å². The molecule has 5 heteroatoms. The largest absolute Gasteiger partial charge is 0.461 e. The Morgan fingerprint density at radius 3 is 2.82 bits per heavy atom. The van der Waals surface area contributed by atoms with Crippen LogP contribution in [0, 0.1) is 28.6 Å². The van der Waals surface area contributed by atoms with Crippen LogP contribution < -0.4 is 0 Å². The molecule has 0 aromatic heterocycles. The number of rotatable bonds is 0. The number of Topliss-reactive ketones (excluding diaryl/α,β-unsaturated/α-hetero) is 1. The zero-order valence-electron chi connectivity index (χ0n) is 12.8. The molecule has 0 aromatic carbocycles. The predicted octanol–water partition coefficient (Wildman–Crippen LogP) is 1.42. The number of carbonyl (C=O) groups excluding carboxylic acids is 2. The summed E-state index contributed by atoms with van der Waals surface area (Å²) in [6, 6.07) is 0. The molecular weight excluding hydrogens is 284 g/mol. The third kappa shape index (κ3) is 1.20. The van der Waals surface area contributed by atoms with Crippen LogP contribution in [0.3, 0.4) is 0 Å². The first-order chi connectivity index (χ1) is 10.4. The smallest absolute Gasteiger partial charge is 0.318 e. The fourth-order valence-electron chi connectivity index (χ4n) is 6.68. The molecule has 3 heterocycles. The third-order valence-corrected chi connectivity index (χ3v) is 7.68. The molecule has 3 saturated carbocycles. The van der Waals surface area contributed by atoms with Crippen LogP contribution >= 0.6 is 0 Å². The molecule has 5 nitrogen and oxygen atoms in total. The molecule has 120 valence electrons. The van der Waals surface area contributed by atoms with Crippen LogP contribution in [0.1, 0.15) is 45.4 Å². The number of ether oxygens (including phenoxy) is 2. The number of esters is 1. The van der Waals surface area contributed by atoms with E-state index in [-0.39, 0.29) is 35.2 Å². The average molecular weight is 306 g/mol. The van der Waals surface area contributed by atoms with Gasteiger partial charge in [-0.2, -0.15) is 0 Å². The minimum atomic E-state index is -1.39. The molecule has 0 amide bonds. The highest BCUT2D eigenvalue weighted by Gasteiger charge is 2.79. The third-order valence-electron chi connectivity index (χ3n) is 7.68. The van der Waals surface area contributed by atoms with Gasteiger partial charge in [-0.1, -0.05) is 0 Å². The molecule has 0 aromatic rings. The Bertz CT molecular complexity index is 576. The highest BCUT2D eigenvalue weighted by molar-refractivity contribution is 5.84. The van der Waals surface area contributed by atoms with Crippen LogP contribution in [-0.4, -0.2) is 35.4 Å². The lowest BCUT2D eigenvalue weighted by Crippen LogP contribution is -2.73. The fraction of sp³-hybridized carbons (Fsp3) is 0.882. The van der Waals surface area contributed by atoms with Crippen molar-refractivity contribution in [2.75, 3.05) is 6.61 Å². The first kappa shape index (κ1) is 13.5. The number of aliphatic hydroxyl groups is 1.